The summed E-state index contributed by atoms with van der Waals surface area (Å²) in [6, 6.07) is 4.46. The van der Waals surface area contributed by atoms with Crippen LogP contribution in [0.25, 0.3) is 0 Å². The Morgan fingerprint density at radius 1 is 0.929 bits per heavy atom. The summed E-state index contributed by atoms with van der Waals surface area (Å²) in [6.07, 6.45) is 0. The van der Waals surface area contributed by atoms with Gasteiger partial charge in [-0.25, -0.2) is 0 Å². The van der Waals surface area contributed by atoms with Crippen molar-refractivity contribution in [3.05, 3.63) is 30.7 Å². The van der Waals surface area contributed by atoms with Crippen molar-refractivity contribution in [2.75, 3.05) is 0 Å². The predicted molar refractivity (Wildman–Crippen MR) is 127 cm³/mol. The van der Waals surface area contributed by atoms with Crippen molar-refractivity contribution < 1.29 is 22.1 Å². The van der Waals surface area contributed by atoms with E-state index in [2.05, 4.69) is 80.6 Å². The Morgan fingerprint density at radius 2 is 1.32 bits per heavy atom. The molecule has 0 aromatic heterocycles. The summed E-state index contributed by atoms with van der Waals surface area (Å²) in [7, 11) is 7.99. The first kappa shape index (κ1) is 28.5. The van der Waals surface area contributed by atoms with E-state index >= 15 is 0 Å². The maximum atomic E-state index is 11.2. The fourth-order valence-corrected chi connectivity index (χ4v) is 10.4. The molecule has 1 saturated carbocycles. The molecule has 0 heterocycles. The molecule has 0 amide bonds. The Labute approximate surface area is 192 Å². The van der Waals surface area contributed by atoms with Gasteiger partial charge in [0.2, 0.25) is 0 Å². The van der Waals surface area contributed by atoms with Crippen LogP contribution < -0.4 is 5.19 Å². The van der Waals surface area contributed by atoms with Gasteiger partial charge in [-0.05, 0) is 52.3 Å². The summed E-state index contributed by atoms with van der Waals surface area (Å²) in [4.78, 5) is 0. The van der Waals surface area contributed by atoms with Crippen molar-refractivity contribution in [3.63, 3.8) is 0 Å². The average molecular weight is 480 g/mol. The second-order valence-corrected chi connectivity index (χ2v) is 17.4. The van der Waals surface area contributed by atoms with E-state index < -0.39 is 25.1 Å². The number of hydrogen-bond donors (Lipinski definition) is 1. The summed E-state index contributed by atoms with van der Waals surface area (Å²) < 4.78 is 0. The van der Waals surface area contributed by atoms with Crippen molar-refractivity contribution in [2.24, 2.45) is 23.7 Å². The van der Waals surface area contributed by atoms with E-state index in [9.17, 15) is 5.11 Å². The van der Waals surface area contributed by atoms with E-state index in [1.807, 2.05) is 0 Å². The van der Waals surface area contributed by atoms with Crippen LogP contribution >= 0.6 is 18.6 Å². The third kappa shape index (κ3) is 5.82. The molecule has 1 aliphatic rings. The Bertz CT molecular complexity index is 628. The number of benzene rings is 1. The predicted octanol–water partition coefficient (Wildman–Crippen LogP) is 7.67. The van der Waals surface area contributed by atoms with Gasteiger partial charge in [0, 0.05) is 0 Å². The maximum absolute atomic E-state index is 11.2. The molecule has 1 nitrogen and oxygen atoms in total. The first-order valence-electron chi connectivity index (χ1n) is 10.0. The second-order valence-electron chi connectivity index (χ2n) is 10.2. The number of hydrogen-bond acceptors (Lipinski definition) is 1. The second kappa shape index (κ2) is 10.7. The van der Waals surface area contributed by atoms with Crippen LogP contribution in [0.4, 0.5) is 0 Å². The summed E-state index contributed by atoms with van der Waals surface area (Å²) in [5, 5.41) is 12.5. The molecule has 5 heteroatoms. The van der Waals surface area contributed by atoms with Gasteiger partial charge in [-0.15, -0.1) is 0 Å². The van der Waals surface area contributed by atoms with Crippen molar-refractivity contribution in [1.29, 1.82) is 0 Å². The number of phenols is 1. The minimum absolute atomic E-state index is 0. The van der Waals surface area contributed by atoms with Crippen LogP contribution in [0.15, 0.2) is 12.1 Å². The third-order valence-corrected chi connectivity index (χ3v) is 11.7. The zero-order chi connectivity index (χ0) is 21.3. The molecule has 1 N–H and O–H groups in total. The van der Waals surface area contributed by atoms with Gasteiger partial charge in [-0.2, -0.15) is 0 Å². The minimum atomic E-state index is -1.79. The van der Waals surface area contributed by atoms with Gasteiger partial charge in [0.05, 0.1) is 8.07 Å². The molecule has 1 aromatic carbocycles. The van der Waals surface area contributed by atoms with Crippen molar-refractivity contribution in [3.8, 4) is 5.75 Å². The summed E-state index contributed by atoms with van der Waals surface area (Å²) in [5.74, 6) is 3.58. The number of aryl methyl sites for hydroxylation is 1. The summed E-state index contributed by atoms with van der Waals surface area (Å²) >= 11 is -0.556. The van der Waals surface area contributed by atoms with Gasteiger partial charge in [-0.1, -0.05) is 79.3 Å². The van der Waals surface area contributed by atoms with E-state index in [1.54, 1.807) is 0 Å². The van der Waals surface area contributed by atoms with Crippen molar-refractivity contribution in [2.45, 2.75) is 79.4 Å². The Kier molecular flexibility index (Phi) is 10.9. The molecule has 1 aromatic rings. The van der Waals surface area contributed by atoms with E-state index in [0.717, 1.165) is 34.8 Å². The van der Waals surface area contributed by atoms with Gasteiger partial charge >= 0.3 is 35.6 Å². The number of phenolic OH excluding ortho intramolecular Hbond substituents is 1. The van der Waals surface area contributed by atoms with E-state index in [4.69, 9.17) is 18.6 Å². The zero-order valence-corrected chi connectivity index (χ0v) is 23.8. The molecular formula is C23H41Cl2OSiTi-. The quantitative estimate of drug-likeness (QED) is 0.340. The van der Waals surface area contributed by atoms with Gasteiger partial charge in [-0.3, -0.25) is 0 Å². The Hall–Kier alpha value is 0.531. The molecule has 1 fully saturated rings. The van der Waals surface area contributed by atoms with E-state index in [1.165, 1.54) is 10.8 Å². The molecule has 0 bridgehead atoms. The van der Waals surface area contributed by atoms with Gasteiger partial charge in [0.1, 0.15) is 5.75 Å². The van der Waals surface area contributed by atoms with Crippen LogP contribution in [-0.2, 0) is 22.4 Å². The van der Waals surface area contributed by atoms with Crippen LogP contribution in [0.1, 0.15) is 59.6 Å². The van der Waals surface area contributed by atoms with Crippen molar-refractivity contribution >= 4 is 31.9 Å². The fraction of sp³-hybridized carbons (Fsp3) is 0.696. The standard InChI is InChI=1S/C22H38OSi.CH3.2ClH.Ti/c1-13-11-18(22(6,7)8)20(23)19(12-13)24(9,10)21-16(4)14(2)15(3)17(21)5;;;;/h11-12,14-17,21,23H,1-10H3;1H3;2*1H;/q;-1;;;+2/p-2. The normalized spacial score (nSPS) is 27.5. The van der Waals surface area contributed by atoms with E-state index in [0.29, 0.717) is 5.75 Å². The van der Waals surface area contributed by atoms with Crippen LogP contribution in [0.3, 0.4) is 0 Å². The molecule has 4 unspecified atom stereocenters. The molecular weight excluding hydrogens is 439 g/mol. The molecule has 0 aliphatic heterocycles. The summed E-state index contributed by atoms with van der Waals surface area (Å²) in [6.45, 7) is 23.5. The summed E-state index contributed by atoms with van der Waals surface area (Å²) in [5.41, 5.74) is 3.09. The van der Waals surface area contributed by atoms with Gasteiger partial charge < -0.3 is 12.5 Å². The first-order chi connectivity index (χ1) is 12.2. The fourth-order valence-electron chi connectivity index (χ4n) is 5.43. The number of rotatable bonds is 2. The molecule has 28 heavy (non-hydrogen) atoms. The van der Waals surface area contributed by atoms with Crippen LogP contribution in [0, 0.1) is 38.0 Å². The molecule has 0 spiro atoms. The SMILES string of the molecule is Cc1cc(C(C)(C)C)c(O)c([Si](C)(C)C2C(C)C(C)C(C)C2C)c1.[CH3-].[Cl][Ti][Cl]. The number of halogens is 2. The molecule has 0 radical (unpaired) electrons. The topological polar surface area (TPSA) is 20.2 Å². The van der Waals surface area contributed by atoms with Crippen LogP contribution in [-0.4, -0.2) is 13.2 Å². The molecule has 0 saturated heterocycles. The molecule has 1 aliphatic carbocycles. The van der Waals surface area contributed by atoms with Crippen LogP contribution in [0.2, 0.25) is 18.6 Å². The number of aromatic hydroxyl groups is 1. The monoisotopic (exact) mass is 479 g/mol. The Morgan fingerprint density at radius 3 is 1.68 bits per heavy atom. The molecule has 162 valence electrons. The zero-order valence-electron chi connectivity index (χ0n) is 19.7. The third-order valence-electron chi connectivity index (χ3n) is 7.21. The van der Waals surface area contributed by atoms with Gasteiger partial charge in [0.15, 0.2) is 0 Å². The first-order valence-corrected chi connectivity index (χ1v) is 17.4. The Balaban J connectivity index is 0.00000171. The van der Waals surface area contributed by atoms with Gasteiger partial charge in [0.25, 0.3) is 0 Å². The average Bonchev–Trinajstić information content (AvgIpc) is 2.72. The molecule has 4 atom stereocenters. The van der Waals surface area contributed by atoms with E-state index in [-0.39, 0.29) is 12.8 Å². The van der Waals surface area contributed by atoms with Crippen LogP contribution in [0.5, 0.6) is 5.75 Å². The molecule has 2 rings (SSSR count). The van der Waals surface area contributed by atoms with Crippen molar-refractivity contribution in [1.82, 2.24) is 0 Å².